The highest BCUT2D eigenvalue weighted by Gasteiger charge is 2.30. The lowest BCUT2D eigenvalue weighted by molar-refractivity contribution is -0.137. The van der Waals surface area contributed by atoms with Gasteiger partial charge in [-0.1, -0.05) is 6.07 Å². The van der Waals surface area contributed by atoms with Crippen LogP contribution < -0.4 is 11.1 Å². The predicted octanol–water partition coefficient (Wildman–Crippen LogP) is 4.90. The van der Waals surface area contributed by atoms with Gasteiger partial charge in [-0.15, -0.1) is 0 Å². The Morgan fingerprint density at radius 1 is 1.12 bits per heavy atom. The van der Waals surface area contributed by atoms with Crippen molar-refractivity contribution in [1.29, 1.82) is 0 Å². The Balaban J connectivity index is 1.59. The minimum absolute atomic E-state index is 0.374. The summed E-state index contributed by atoms with van der Waals surface area (Å²) < 4.78 is 39.9. The molecule has 4 rings (SSSR count). The molecule has 0 aliphatic carbocycles. The standard InChI is InChI=1S/C23H24F3N5O/c1-22(2,27)10-21(32)30-20-12-28-19-8-3-14(9-18(19)20)15-11-29-31(13-15)17-6-4-16(5-7-17)23(24,25)26/h3-9,11-13,21,28,30,32H,10,27H2,1-2H3. The Morgan fingerprint density at radius 3 is 2.50 bits per heavy atom. The second-order valence-electron chi connectivity index (χ2n) is 8.53. The summed E-state index contributed by atoms with van der Waals surface area (Å²) in [7, 11) is 0. The maximum absolute atomic E-state index is 12.8. The van der Waals surface area contributed by atoms with Gasteiger partial charge in [-0.3, -0.25) is 0 Å². The van der Waals surface area contributed by atoms with Crippen LogP contribution in [0, 0.1) is 0 Å². The van der Waals surface area contributed by atoms with E-state index in [0.717, 1.165) is 39.8 Å². The number of nitrogens with one attached hydrogen (secondary N) is 2. The lowest BCUT2D eigenvalue weighted by Gasteiger charge is -2.23. The van der Waals surface area contributed by atoms with E-state index in [-0.39, 0.29) is 0 Å². The number of alkyl halides is 3. The molecule has 0 saturated carbocycles. The van der Waals surface area contributed by atoms with Crippen molar-refractivity contribution in [2.75, 3.05) is 5.32 Å². The van der Waals surface area contributed by atoms with E-state index in [2.05, 4.69) is 15.4 Å². The van der Waals surface area contributed by atoms with E-state index >= 15 is 0 Å². The summed E-state index contributed by atoms with van der Waals surface area (Å²) in [5.74, 6) is 0. The Kier molecular flexibility index (Phi) is 5.47. The molecule has 32 heavy (non-hydrogen) atoms. The van der Waals surface area contributed by atoms with Crippen LogP contribution in [0.4, 0.5) is 18.9 Å². The van der Waals surface area contributed by atoms with Gasteiger partial charge in [0, 0.05) is 40.8 Å². The molecular weight excluding hydrogens is 419 g/mol. The fraction of sp³-hybridized carbons (Fsp3) is 0.261. The van der Waals surface area contributed by atoms with Crippen LogP contribution in [0.5, 0.6) is 0 Å². The molecule has 0 aliphatic heterocycles. The summed E-state index contributed by atoms with van der Waals surface area (Å²) in [6.07, 6.45) is 0.394. The first-order valence-electron chi connectivity index (χ1n) is 10.1. The van der Waals surface area contributed by atoms with Crippen LogP contribution in [-0.4, -0.2) is 31.6 Å². The first kappa shape index (κ1) is 21.9. The third-order valence-corrected chi connectivity index (χ3v) is 5.10. The molecule has 1 atom stereocenters. The number of aromatic nitrogens is 3. The molecule has 2 aromatic carbocycles. The van der Waals surface area contributed by atoms with Gasteiger partial charge in [0.2, 0.25) is 0 Å². The molecule has 9 heteroatoms. The van der Waals surface area contributed by atoms with Crippen molar-refractivity contribution in [3.05, 3.63) is 66.6 Å². The monoisotopic (exact) mass is 443 g/mol. The number of anilines is 1. The largest absolute Gasteiger partial charge is 0.416 e. The topological polar surface area (TPSA) is 91.9 Å². The van der Waals surface area contributed by atoms with E-state index in [1.807, 2.05) is 32.0 Å². The summed E-state index contributed by atoms with van der Waals surface area (Å²) >= 11 is 0. The molecule has 0 amide bonds. The quantitative estimate of drug-likeness (QED) is 0.319. The molecule has 168 valence electrons. The summed E-state index contributed by atoms with van der Waals surface area (Å²) in [5, 5.41) is 18.6. The van der Waals surface area contributed by atoms with Gasteiger partial charge in [0.15, 0.2) is 0 Å². The third-order valence-electron chi connectivity index (χ3n) is 5.10. The van der Waals surface area contributed by atoms with Gasteiger partial charge in [0.1, 0.15) is 6.23 Å². The van der Waals surface area contributed by atoms with Crippen LogP contribution in [-0.2, 0) is 6.18 Å². The zero-order valence-corrected chi connectivity index (χ0v) is 17.6. The lowest BCUT2D eigenvalue weighted by Crippen LogP contribution is -2.38. The van der Waals surface area contributed by atoms with Crippen LogP contribution in [0.25, 0.3) is 27.7 Å². The summed E-state index contributed by atoms with van der Waals surface area (Å²) in [6.45, 7) is 3.69. The molecule has 0 fully saturated rings. The summed E-state index contributed by atoms with van der Waals surface area (Å²) in [6, 6.07) is 10.7. The number of fused-ring (bicyclic) bond motifs is 1. The molecule has 0 radical (unpaired) electrons. The molecule has 4 aromatic rings. The number of hydrogen-bond donors (Lipinski definition) is 4. The van der Waals surface area contributed by atoms with Gasteiger partial charge >= 0.3 is 6.18 Å². The average Bonchev–Trinajstić information content (AvgIpc) is 3.33. The molecule has 5 N–H and O–H groups in total. The maximum atomic E-state index is 12.8. The Hall–Kier alpha value is -3.30. The van der Waals surface area contributed by atoms with E-state index in [0.29, 0.717) is 12.1 Å². The molecule has 0 aliphatic rings. The molecule has 1 unspecified atom stereocenters. The fourth-order valence-electron chi connectivity index (χ4n) is 3.56. The zero-order valence-electron chi connectivity index (χ0n) is 17.6. The van der Waals surface area contributed by atoms with E-state index in [1.165, 1.54) is 16.8 Å². The van der Waals surface area contributed by atoms with Gasteiger partial charge in [-0.25, -0.2) is 4.68 Å². The predicted molar refractivity (Wildman–Crippen MR) is 118 cm³/mol. The van der Waals surface area contributed by atoms with Crippen molar-refractivity contribution < 1.29 is 18.3 Å². The number of nitrogens with two attached hydrogens (primary N) is 1. The van der Waals surface area contributed by atoms with Crippen LogP contribution in [0.2, 0.25) is 0 Å². The molecule has 2 aromatic heterocycles. The summed E-state index contributed by atoms with van der Waals surface area (Å²) in [4.78, 5) is 3.17. The SMILES string of the molecule is CC(C)(N)CC(O)Nc1c[nH]c2ccc(-c3cnn(-c4ccc(C(F)(F)F)cc4)c3)cc12. The number of nitrogens with zero attached hydrogens (tertiary/aromatic N) is 2. The second kappa shape index (κ2) is 7.99. The highest BCUT2D eigenvalue weighted by Crippen LogP contribution is 2.31. The minimum atomic E-state index is -4.38. The van der Waals surface area contributed by atoms with E-state index in [1.54, 1.807) is 18.6 Å². The van der Waals surface area contributed by atoms with E-state index in [9.17, 15) is 18.3 Å². The first-order valence-corrected chi connectivity index (χ1v) is 10.1. The van der Waals surface area contributed by atoms with Gasteiger partial charge in [0.05, 0.1) is 23.1 Å². The molecule has 2 heterocycles. The number of rotatable bonds is 6. The Morgan fingerprint density at radius 2 is 1.84 bits per heavy atom. The maximum Gasteiger partial charge on any atom is 0.416 e. The highest BCUT2D eigenvalue weighted by molar-refractivity contribution is 5.95. The van der Waals surface area contributed by atoms with Gasteiger partial charge in [-0.2, -0.15) is 18.3 Å². The highest BCUT2D eigenvalue weighted by atomic mass is 19.4. The lowest BCUT2D eigenvalue weighted by atomic mass is 10.0. The minimum Gasteiger partial charge on any atom is -0.374 e. The van der Waals surface area contributed by atoms with Crippen molar-refractivity contribution in [3.8, 4) is 16.8 Å². The van der Waals surface area contributed by atoms with E-state index in [4.69, 9.17) is 5.73 Å². The molecular formula is C23H24F3N5O. The number of benzene rings is 2. The van der Waals surface area contributed by atoms with Crippen LogP contribution in [0.15, 0.2) is 61.1 Å². The first-order chi connectivity index (χ1) is 15.0. The van der Waals surface area contributed by atoms with Gasteiger partial charge < -0.3 is 21.1 Å². The van der Waals surface area contributed by atoms with Crippen molar-refractivity contribution >= 4 is 16.6 Å². The third kappa shape index (κ3) is 4.79. The van der Waals surface area contributed by atoms with Crippen molar-refractivity contribution in [1.82, 2.24) is 14.8 Å². The number of aromatic amines is 1. The molecule has 0 saturated heterocycles. The molecule has 0 bridgehead atoms. The second-order valence-corrected chi connectivity index (χ2v) is 8.53. The van der Waals surface area contributed by atoms with E-state index < -0.39 is 23.5 Å². The number of aliphatic hydroxyl groups is 1. The Bertz CT molecular complexity index is 1220. The summed E-state index contributed by atoms with van der Waals surface area (Å²) in [5.41, 5.74) is 8.62. The van der Waals surface area contributed by atoms with Crippen LogP contribution in [0.3, 0.4) is 0 Å². The van der Waals surface area contributed by atoms with Gasteiger partial charge in [-0.05, 0) is 55.8 Å². The van der Waals surface area contributed by atoms with Crippen molar-refractivity contribution in [3.63, 3.8) is 0 Å². The normalized spacial score (nSPS) is 13.5. The number of halogens is 3. The van der Waals surface area contributed by atoms with Crippen LogP contribution >= 0.6 is 0 Å². The average molecular weight is 443 g/mol. The molecule has 0 spiro atoms. The number of aliphatic hydroxyl groups excluding tert-OH is 1. The van der Waals surface area contributed by atoms with Crippen molar-refractivity contribution in [2.45, 2.75) is 38.2 Å². The van der Waals surface area contributed by atoms with Gasteiger partial charge in [0.25, 0.3) is 0 Å². The fourth-order valence-corrected chi connectivity index (χ4v) is 3.56. The van der Waals surface area contributed by atoms with Crippen molar-refractivity contribution in [2.24, 2.45) is 5.73 Å². The Labute approximate surface area is 182 Å². The molecule has 6 nitrogen and oxygen atoms in total. The zero-order chi connectivity index (χ0) is 23.1. The number of hydrogen-bond acceptors (Lipinski definition) is 4. The smallest absolute Gasteiger partial charge is 0.374 e. The number of H-pyrrole nitrogens is 1. The van der Waals surface area contributed by atoms with Crippen LogP contribution in [0.1, 0.15) is 25.8 Å².